The Morgan fingerprint density at radius 1 is 0.426 bits per heavy atom. The summed E-state index contributed by atoms with van der Waals surface area (Å²) in [6, 6.07) is 35.5. The van der Waals surface area contributed by atoms with Crippen molar-refractivity contribution in [2.75, 3.05) is 10.7 Å². The Hall–Kier alpha value is -3.36. The fourth-order valence-corrected chi connectivity index (χ4v) is 8.13. The number of unbranched alkanes of at least 4 members (excludes halogenated alkanes) is 4. The molecule has 2 unspecified atom stereocenters. The maximum Gasteiger partial charge on any atom is 0.402 e. The summed E-state index contributed by atoms with van der Waals surface area (Å²) in [5.74, 6) is 0. The van der Waals surface area contributed by atoms with Crippen LogP contribution in [-0.2, 0) is 10.8 Å². The van der Waals surface area contributed by atoms with Crippen molar-refractivity contribution in [1.82, 2.24) is 0 Å². The van der Waals surface area contributed by atoms with Gasteiger partial charge in [0.05, 0.1) is 5.41 Å². The van der Waals surface area contributed by atoms with Crippen LogP contribution in [0.25, 0.3) is 33.4 Å². The molecule has 5 rings (SSSR count). The molecule has 286 valence electrons. The van der Waals surface area contributed by atoms with Gasteiger partial charge in [-0.25, -0.2) is 0 Å². The van der Waals surface area contributed by atoms with Gasteiger partial charge in [0.1, 0.15) is 5.41 Å². The van der Waals surface area contributed by atoms with E-state index in [4.69, 9.17) is 0 Å². The molecule has 0 aliphatic rings. The summed E-state index contributed by atoms with van der Waals surface area (Å²) in [5, 5.41) is 1.50. The maximum absolute atomic E-state index is 15.6. The summed E-state index contributed by atoms with van der Waals surface area (Å²) in [5.41, 5.74) is 2.49. The third-order valence-corrected chi connectivity index (χ3v) is 11.9. The average molecular weight is 873 g/mol. The molecule has 0 nitrogen and oxygen atoms in total. The van der Waals surface area contributed by atoms with Gasteiger partial charge < -0.3 is 0 Å². The van der Waals surface area contributed by atoms with Crippen LogP contribution in [0.2, 0.25) is 0 Å². The second-order valence-corrected chi connectivity index (χ2v) is 16.0. The van der Waals surface area contributed by atoms with E-state index in [0.717, 1.165) is 68.9 Å². The van der Waals surface area contributed by atoms with Gasteiger partial charge in [-0.3, -0.25) is 0 Å². The minimum Gasteiger partial charge on any atom is -0.170 e. The third kappa shape index (κ3) is 9.35. The SMILES string of the molecule is Cc1ccc(-c2ccc(C(CCCCCBr)(c3ccc(-c4cccc(-c5ccc(C(C)(CCCCCBr)C(F)(F)F)cc5)c4)cc3)C(F)(F)F)cc2)cc1. The van der Waals surface area contributed by atoms with Gasteiger partial charge >= 0.3 is 12.4 Å². The molecule has 0 aliphatic heterocycles. The van der Waals surface area contributed by atoms with Crippen molar-refractivity contribution in [2.24, 2.45) is 0 Å². The molecule has 0 saturated heterocycles. The van der Waals surface area contributed by atoms with Gasteiger partial charge in [0.2, 0.25) is 0 Å². The largest absolute Gasteiger partial charge is 0.402 e. The molecule has 0 bridgehead atoms. The van der Waals surface area contributed by atoms with Gasteiger partial charge in [-0.1, -0.05) is 178 Å². The summed E-state index contributed by atoms with van der Waals surface area (Å²) in [6.45, 7) is 3.27. The number of hydrogen-bond acceptors (Lipinski definition) is 0. The lowest BCUT2D eigenvalue weighted by Gasteiger charge is -2.37. The van der Waals surface area contributed by atoms with E-state index in [-0.39, 0.29) is 29.5 Å². The number of hydrogen-bond donors (Lipinski definition) is 0. The van der Waals surface area contributed by atoms with E-state index < -0.39 is 23.2 Å². The second kappa shape index (κ2) is 18.1. The first-order valence-corrected chi connectivity index (χ1v) is 20.7. The van der Waals surface area contributed by atoms with Crippen molar-refractivity contribution in [2.45, 2.75) is 88.4 Å². The third-order valence-electron chi connectivity index (χ3n) is 10.8. The van der Waals surface area contributed by atoms with E-state index in [1.165, 1.54) is 6.92 Å². The molecule has 5 aromatic rings. The molecule has 0 amide bonds. The summed E-state index contributed by atoms with van der Waals surface area (Å²) in [6.07, 6.45) is -5.12. The molecule has 0 aromatic heterocycles. The van der Waals surface area contributed by atoms with E-state index in [1.54, 1.807) is 72.8 Å². The Morgan fingerprint density at radius 3 is 1.22 bits per heavy atom. The van der Waals surface area contributed by atoms with Crippen LogP contribution < -0.4 is 0 Å². The Morgan fingerprint density at radius 2 is 0.815 bits per heavy atom. The fraction of sp³-hybridized carbons (Fsp3) is 0.348. The molecule has 8 heteroatoms. The molecule has 5 aromatic carbocycles. The molecule has 0 spiro atoms. The molecule has 0 heterocycles. The van der Waals surface area contributed by atoms with Gasteiger partial charge in [-0.05, 0) is 95.7 Å². The monoisotopic (exact) mass is 870 g/mol. The average Bonchev–Trinajstić information content (AvgIpc) is 3.16. The minimum atomic E-state index is -4.56. The maximum atomic E-state index is 15.6. The van der Waals surface area contributed by atoms with Crippen LogP contribution in [0.3, 0.4) is 0 Å². The highest BCUT2D eigenvalue weighted by molar-refractivity contribution is 9.09. The molecule has 54 heavy (non-hydrogen) atoms. The van der Waals surface area contributed by atoms with Gasteiger partial charge in [0, 0.05) is 10.7 Å². The van der Waals surface area contributed by atoms with E-state index in [9.17, 15) is 13.2 Å². The van der Waals surface area contributed by atoms with E-state index in [0.29, 0.717) is 19.3 Å². The standard InChI is InChI=1S/C46H46Br2F6/c1-33-12-14-34(15-13-33)35-18-24-41(25-19-35)44(46(52,53)54,29-6-4-8-31-48)42-26-20-37(21-27-42)39-11-9-10-38(32-39)36-16-22-40(23-17-36)43(2,45(49,50)51)28-5-3-7-30-47/h9-27,32H,3-8,28-31H2,1-2H3. The predicted octanol–water partition coefficient (Wildman–Crippen LogP) is 15.6. The van der Waals surface area contributed by atoms with Crippen molar-refractivity contribution in [1.29, 1.82) is 0 Å². The second-order valence-electron chi connectivity index (χ2n) is 14.4. The Labute approximate surface area is 332 Å². The van der Waals surface area contributed by atoms with Crippen LogP contribution in [0.5, 0.6) is 0 Å². The highest BCUT2D eigenvalue weighted by atomic mass is 79.9. The topological polar surface area (TPSA) is 0 Å². The van der Waals surface area contributed by atoms with Gasteiger partial charge in [0.15, 0.2) is 0 Å². The van der Waals surface area contributed by atoms with Crippen molar-refractivity contribution >= 4 is 31.9 Å². The number of halogens is 8. The van der Waals surface area contributed by atoms with Crippen LogP contribution in [-0.4, -0.2) is 23.0 Å². The highest BCUT2D eigenvalue weighted by Crippen LogP contribution is 2.51. The Bertz CT molecular complexity index is 1910. The summed E-state index contributed by atoms with van der Waals surface area (Å²) >= 11 is 6.76. The van der Waals surface area contributed by atoms with E-state index in [1.807, 2.05) is 55.5 Å². The smallest absolute Gasteiger partial charge is 0.170 e. The first-order chi connectivity index (χ1) is 25.7. The van der Waals surface area contributed by atoms with Gasteiger partial charge in [-0.15, -0.1) is 0 Å². The number of benzene rings is 5. The van der Waals surface area contributed by atoms with Crippen molar-refractivity contribution in [3.05, 3.63) is 144 Å². The molecule has 0 aliphatic carbocycles. The molecule has 0 radical (unpaired) electrons. The van der Waals surface area contributed by atoms with Crippen LogP contribution in [0.1, 0.15) is 80.5 Å². The van der Waals surface area contributed by atoms with Crippen LogP contribution in [0.15, 0.2) is 121 Å². The molecular formula is C46H46Br2F6. The predicted molar refractivity (Wildman–Crippen MR) is 219 cm³/mol. The first kappa shape index (κ1) is 41.8. The lowest BCUT2D eigenvalue weighted by atomic mass is 9.70. The first-order valence-electron chi connectivity index (χ1n) is 18.5. The van der Waals surface area contributed by atoms with Gasteiger partial charge in [-0.2, -0.15) is 26.3 Å². The summed E-state index contributed by atoms with van der Waals surface area (Å²) < 4.78 is 89.7. The summed E-state index contributed by atoms with van der Waals surface area (Å²) in [7, 11) is 0. The minimum absolute atomic E-state index is 0.0134. The van der Waals surface area contributed by atoms with Crippen LogP contribution >= 0.6 is 31.9 Å². The number of alkyl halides is 8. The molecule has 0 N–H and O–H groups in total. The van der Waals surface area contributed by atoms with Crippen LogP contribution in [0, 0.1) is 6.92 Å². The quantitative estimate of drug-likeness (QED) is 0.0526. The highest BCUT2D eigenvalue weighted by Gasteiger charge is 2.56. The van der Waals surface area contributed by atoms with Crippen molar-refractivity contribution in [3.8, 4) is 33.4 Å². The normalized spacial score (nSPS) is 14.4. The lowest BCUT2D eigenvalue weighted by Crippen LogP contribution is -2.43. The summed E-state index contributed by atoms with van der Waals surface area (Å²) in [4.78, 5) is 0. The van der Waals surface area contributed by atoms with Crippen molar-refractivity contribution in [3.63, 3.8) is 0 Å². The van der Waals surface area contributed by atoms with Gasteiger partial charge in [0.25, 0.3) is 0 Å². The molecule has 0 fully saturated rings. The lowest BCUT2D eigenvalue weighted by molar-refractivity contribution is -0.188. The van der Waals surface area contributed by atoms with E-state index >= 15 is 13.2 Å². The Balaban J connectivity index is 1.45. The van der Waals surface area contributed by atoms with Crippen molar-refractivity contribution < 1.29 is 26.3 Å². The van der Waals surface area contributed by atoms with E-state index in [2.05, 4.69) is 31.9 Å². The molecule has 2 atom stereocenters. The van der Waals surface area contributed by atoms with Crippen LogP contribution in [0.4, 0.5) is 26.3 Å². The Kier molecular flexibility index (Phi) is 14.0. The zero-order valence-electron chi connectivity index (χ0n) is 30.6. The molecule has 0 saturated carbocycles. The number of rotatable bonds is 16. The zero-order chi connectivity index (χ0) is 39.0. The fourth-order valence-electron chi connectivity index (χ4n) is 7.33. The zero-order valence-corrected chi connectivity index (χ0v) is 33.8. The number of aryl methyl sites for hydroxylation is 1. The molecular weight excluding hydrogens is 826 g/mol.